The average molecular weight is 312 g/mol. The second-order valence-corrected chi connectivity index (χ2v) is 5.75. The quantitative estimate of drug-likeness (QED) is 0.719. The van der Waals surface area contributed by atoms with Crippen LogP contribution in [0.15, 0.2) is 24.3 Å². The minimum Gasteiger partial charge on any atom is -0.329 e. The Balaban J connectivity index is 2.63. The van der Waals surface area contributed by atoms with E-state index in [1.54, 1.807) is 0 Å². The van der Waals surface area contributed by atoms with Crippen LogP contribution in [0.2, 0.25) is 5.02 Å². The van der Waals surface area contributed by atoms with Crippen molar-refractivity contribution >= 4 is 11.6 Å². The lowest BCUT2D eigenvalue weighted by Crippen LogP contribution is -2.36. The summed E-state index contributed by atoms with van der Waals surface area (Å²) in [6, 6.07) is 8.33. The number of likely N-dealkylation sites (N-methyl/N-ethyl adjacent to an activating group) is 1. The van der Waals surface area contributed by atoms with Gasteiger partial charge in [-0.05, 0) is 50.3 Å². The van der Waals surface area contributed by atoms with Crippen molar-refractivity contribution in [3.8, 4) is 0 Å². The summed E-state index contributed by atoms with van der Waals surface area (Å²) in [5, 5.41) is 0.783. The van der Waals surface area contributed by atoms with E-state index < -0.39 is 0 Å². The van der Waals surface area contributed by atoms with Gasteiger partial charge >= 0.3 is 0 Å². The third-order valence-electron chi connectivity index (χ3n) is 4.12. The lowest BCUT2D eigenvalue weighted by atomic mass is 10.0. The molecule has 0 bridgehead atoms. The van der Waals surface area contributed by atoms with Crippen LogP contribution in [0.4, 0.5) is 0 Å². The van der Waals surface area contributed by atoms with Crippen LogP contribution in [-0.2, 0) is 0 Å². The second kappa shape index (κ2) is 10.2. The van der Waals surface area contributed by atoms with E-state index in [4.69, 9.17) is 17.3 Å². The van der Waals surface area contributed by atoms with Crippen LogP contribution in [0, 0.1) is 0 Å². The molecule has 1 aromatic carbocycles. The minimum atomic E-state index is 0.255. The molecule has 1 atom stereocenters. The molecule has 0 aliphatic rings. The first-order valence-corrected chi connectivity index (χ1v) is 8.45. The molecule has 0 amide bonds. The van der Waals surface area contributed by atoms with Gasteiger partial charge in [-0.3, -0.25) is 4.90 Å². The number of nitrogens with zero attached hydrogens (tertiary/aromatic N) is 2. The van der Waals surface area contributed by atoms with E-state index in [0.29, 0.717) is 6.54 Å². The van der Waals surface area contributed by atoms with Crippen LogP contribution in [0.1, 0.15) is 38.8 Å². The first kappa shape index (κ1) is 18.4. The fourth-order valence-electron chi connectivity index (χ4n) is 2.78. The summed E-state index contributed by atoms with van der Waals surface area (Å²) in [7, 11) is 0. The van der Waals surface area contributed by atoms with Crippen molar-refractivity contribution in [2.45, 2.75) is 33.2 Å². The molecule has 1 aromatic rings. The van der Waals surface area contributed by atoms with Crippen LogP contribution >= 0.6 is 11.6 Å². The molecule has 0 saturated heterocycles. The highest BCUT2D eigenvalue weighted by molar-refractivity contribution is 6.30. The minimum absolute atomic E-state index is 0.255. The highest BCUT2D eigenvalue weighted by Crippen LogP contribution is 2.22. The van der Waals surface area contributed by atoms with Gasteiger partial charge in [0.1, 0.15) is 0 Å². The van der Waals surface area contributed by atoms with E-state index in [-0.39, 0.29) is 6.04 Å². The van der Waals surface area contributed by atoms with Crippen molar-refractivity contribution in [3.05, 3.63) is 34.9 Å². The zero-order valence-electron chi connectivity index (χ0n) is 13.7. The molecule has 0 spiro atoms. The molecule has 0 fully saturated rings. The van der Waals surface area contributed by atoms with E-state index in [2.05, 4.69) is 36.6 Å². The molecule has 120 valence electrons. The van der Waals surface area contributed by atoms with Gasteiger partial charge in [0.05, 0.1) is 0 Å². The standard InChI is InChI=1S/C17H30ClN3/c1-4-20(5-2)11-8-12-21(6-3)17(14-19)15-9-7-10-16(18)13-15/h7,9-10,13,17H,4-6,8,11-12,14,19H2,1-3H3. The molecular weight excluding hydrogens is 282 g/mol. The Morgan fingerprint density at radius 2 is 1.81 bits per heavy atom. The van der Waals surface area contributed by atoms with Gasteiger partial charge in [0.25, 0.3) is 0 Å². The van der Waals surface area contributed by atoms with Crippen molar-refractivity contribution < 1.29 is 0 Å². The summed E-state index contributed by atoms with van der Waals surface area (Å²) in [5.41, 5.74) is 7.24. The van der Waals surface area contributed by atoms with E-state index >= 15 is 0 Å². The molecule has 0 radical (unpaired) electrons. The Morgan fingerprint density at radius 1 is 1.10 bits per heavy atom. The fraction of sp³-hybridized carbons (Fsp3) is 0.647. The third-order valence-corrected chi connectivity index (χ3v) is 4.35. The molecule has 0 aliphatic heterocycles. The molecule has 1 rings (SSSR count). The number of rotatable bonds is 10. The zero-order chi connectivity index (χ0) is 15.7. The first-order chi connectivity index (χ1) is 10.2. The van der Waals surface area contributed by atoms with Crippen molar-refractivity contribution in [2.75, 3.05) is 39.3 Å². The maximum absolute atomic E-state index is 6.11. The van der Waals surface area contributed by atoms with Crippen molar-refractivity contribution in [3.63, 3.8) is 0 Å². The van der Waals surface area contributed by atoms with E-state index in [0.717, 1.165) is 37.7 Å². The van der Waals surface area contributed by atoms with E-state index in [1.807, 2.05) is 18.2 Å². The summed E-state index contributed by atoms with van der Waals surface area (Å²) < 4.78 is 0. The number of nitrogens with two attached hydrogens (primary N) is 1. The second-order valence-electron chi connectivity index (χ2n) is 5.32. The van der Waals surface area contributed by atoms with Gasteiger partial charge in [-0.2, -0.15) is 0 Å². The summed E-state index contributed by atoms with van der Waals surface area (Å²) in [6.07, 6.45) is 1.17. The largest absolute Gasteiger partial charge is 0.329 e. The molecule has 0 aliphatic carbocycles. The van der Waals surface area contributed by atoms with Crippen molar-refractivity contribution in [1.29, 1.82) is 0 Å². The topological polar surface area (TPSA) is 32.5 Å². The SMILES string of the molecule is CCN(CC)CCCN(CC)C(CN)c1cccc(Cl)c1. The molecule has 4 heteroatoms. The van der Waals surface area contributed by atoms with Gasteiger partial charge in [-0.1, -0.05) is 44.5 Å². The summed E-state index contributed by atoms with van der Waals surface area (Å²) in [6.45, 7) is 12.7. The Bertz CT molecular complexity index is 393. The monoisotopic (exact) mass is 311 g/mol. The fourth-order valence-corrected chi connectivity index (χ4v) is 2.98. The van der Waals surface area contributed by atoms with Gasteiger partial charge < -0.3 is 10.6 Å². The smallest absolute Gasteiger partial charge is 0.0470 e. The van der Waals surface area contributed by atoms with Crippen molar-refractivity contribution in [2.24, 2.45) is 5.73 Å². The summed E-state index contributed by atoms with van der Waals surface area (Å²) in [4.78, 5) is 4.92. The van der Waals surface area contributed by atoms with Gasteiger partial charge in [0.2, 0.25) is 0 Å². The molecular formula is C17H30ClN3. The van der Waals surface area contributed by atoms with Gasteiger partial charge in [0.15, 0.2) is 0 Å². The van der Waals surface area contributed by atoms with E-state index in [1.165, 1.54) is 12.0 Å². The molecule has 21 heavy (non-hydrogen) atoms. The molecule has 1 unspecified atom stereocenters. The Labute approximate surface area is 135 Å². The zero-order valence-corrected chi connectivity index (χ0v) is 14.4. The number of benzene rings is 1. The summed E-state index contributed by atoms with van der Waals surface area (Å²) in [5.74, 6) is 0. The average Bonchev–Trinajstić information content (AvgIpc) is 2.50. The van der Waals surface area contributed by atoms with Crippen LogP contribution < -0.4 is 5.73 Å². The normalized spacial score (nSPS) is 13.1. The lowest BCUT2D eigenvalue weighted by Gasteiger charge is -2.31. The Hall–Kier alpha value is -0.610. The van der Waals surface area contributed by atoms with Crippen LogP contribution in [-0.4, -0.2) is 49.1 Å². The number of hydrogen-bond donors (Lipinski definition) is 1. The Morgan fingerprint density at radius 3 is 2.33 bits per heavy atom. The predicted octanol–water partition coefficient (Wildman–Crippen LogP) is 3.39. The molecule has 3 nitrogen and oxygen atoms in total. The highest BCUT2D eigenvalue weighted by atomic mass is 35.5. The highest BCUT2D eigenvalue weighted by Gasteiger charge is 2.17. The van der Waals surface area contributed by atoms with Gasteiger partial charge in [-0.25, -0.2) is 0 Å². The van der Waals surface area contributed by atoms with Gasteiger partial charge in [0, 0.05) is 24.2 Å². The third kappa shape index (κ3) is 5.95. The molecule has 0 aromatic heterocycles. The first-order valence-electron chi connectivity index (χ1n) is 8.08. The molecule has 2 N–H and O–H groups in total. The van der Waals surface area contributed by atoms with E-state index in [9.17, 15) is 0 Å². The van der Waals surface area contributed by atoms with Crippen LogP contribution in [0.25, 0.3) is 0 Å². The van der Waals surface area contributed by atoms with Crippen LogP contribution in [0.5, 0.6) is 0 Å². The number of hydrogen-bond acceptors (Lipinski definition) is 3. The number of halogens is 1. The molecule has 0 saturated carbocycles. The van der Waals surface area contributed by atoms with Crippen molar-refractivity contribution in [1.82, 2.24) is 9.80 Å². The predicted molar refractivity (Wildman–Crippen MR) is 92.9 cm³/mol. The maximum Gasteiger partial charge on any atom is 0.0470 e. The maximum atomic E-state index is 6.11. The Kier molecular flexibility index (Phi) is 8.93. The summed E-state index contributed by atoms with van der Waals surface area (Å²) >= 11 is 6.11. The lowest BCUT2D eigenvalue weighted by molar-refractivity contribution is 0.193. The molecule has 0 heterocycles. The van der Waals surface area contributed by atoms with Crippen LogP contribution in [0.3, 0.4) is 0 Å². The van der Waals surface area contributed by atoms with Gasteiger partial charge in [-0.15, -0.1) is 0 Å².